The van der Waals surface area contributed by atoms with Crippen LogP contribution < -0.4 is 19.5 Å². The number of rotatable bonds is 7. The quantitative estimate of drug-likeness (QED) is 0.830. The van der Waals surface area contributed by atoms with Gasteiger partial charge in [-0.15, -0.1) is 0 Å². The fraction of sp³-hybridized carbons (Fsp3) is 0.647. The molecule has 0 aliphatic rings. The predicted octanol–water partition coefficient (Wildman–Crippen LogP) is 3.80. The number of benzene rings is 1. The van der Waals surface area contributed by atoms with Gasteiger partial charge in [0, 0.05) is 11.6 Å². The predicted molar refractivity (Wildman–Crippen MR) is 86.6 cm³/mol. The van der Waals surface area contributed by atoms with E-state index in [4.69, 9.17) is 14.2 Å². The van der Waals surface area contributed by atoms with Gasteiger partial charge in [-0.1, -0.05) is 27.7 Å². The molecule has 1 N–H and O–H groups in total. The maximum absolute atomic E-state index is 5.62. The molecule has 0 radical (unpaired) electrons. The first-order valence-electron chi connectivity index (χ1n) is 7.42. The average Bonchev–Trinajstić information content (AvgIpc) is 2.45. The Morgan fingerprint density at radius 2 is 1.62 bits per heavy atom. The molecule has 0 saturated heterocycles. The Morgan fingerprint density at radius 1 is 1.00 bits per heavy atom. The Balaban J connectivity index is 3.37. The molecule has 4 heteroatoms. The molecule has 0 spiro atoms. The van der Waals surface area contributed by atoms with Crippen LogP contribution in [-0.4, -0.2) is 27.9 Å². The van der Waals surface area contributed by atoms with Crippen molar-refractivity contribution in [1.82, 2.24) is 5.32 Å². The molecule has 21 heavy (non-hydrogen) atoms. The van der Waals surface area contributed by atoms with Gasteiger partial charge in [-0.3, -0.25) is 0 Å². The summed E-state index contributed by atoms with van der Waals surface area (Å²) < 4.78 is 16.5. The molecule has 1 rings (SSSR count). The zero-order chi connectivity index (χ0) is 16.0. The molecule has 1 unspecified atom stereocenters. The Hall–Kier alpha value is -1.42. The molecule has 0 bridgehead atoms. The molecule has 0 aliphatic heterocycles. The van der Waals surface area contributed by atoms with Gasteiger partial charge in [0.15, 0.2) is 11.5 Å². The van der Waals surface area contributed by atoms with Crippen molar-refractivity contribution < 1.29 is 14.2 Å². The van der Waals surface area contributed by atoms with E-state index in [-0.39, 0.29) is 11.5 Å². The summed E-state index contributed by atoms with van der Waals surface area (Å²) in [6, 6.07) is 4.16. The molecule has 1 aromatic carbocycles. The summed E-state index contributed by atoms with van der Waals surface area (Å²) in [7, 11) is 4.93. The van der Waals surface area contributed by atoms with Crippen molar-refractivity contribution in [1.29, 1.82) is 0 Å². The summed E-state index contributed by atoms with van der Waals surface area (Å²) in [6.45, 7) is 9.78. The SMILES string of the molecule is CCCNC(c1ccc(OC)c(OC)c1OC)C(C)(C)C. The second kappa shape index (κ2) is 7.55. The lowest BCUT2D eigenvalue weighted by molar-refractivity contribution is 0.259. The van der Waals surface area contributed by atoms with Crippen LogP contribution in [0.25, 0.3) is 0 Å². The van der Waals surface area contributed by atoms with Crippen molar-refractivity contribution in [2.75, 3.05) is 27.9 Å². The van der Waals surface area contributed by atoms with Gasteiger partial charge in [0.25, 0.3) is 0 Å². The van der Waals surface area contributed by atoms with E-state index in [9.17, 15) is 0 Å². The van der Waals surface area contributed by atoms with Crippen LogP contribution in [0.3, 0.4) is 0 Å². The normalized spacial score (nSPS) is 12.9. The third kappa shape index (κ3) is 4.03. The lowest BCUT2D eigenvalue weighted by atomic mass is 9.81. The molecule has 0 amide bonds. The standard InChI is InChI=1S/C17H29NO3/c1-8-11-18-16(17(2,3)4)12-9-10-13(19-5)15(21-7)14(12)20-6/h9-10,16,18H,8,11H2,1-7H3. The fourth-order valence-corrected chi connectivity index (χ4v) is 2.52. The molecular formula is C17H29NO3. The second-order valence-electron chi connectivity index (χ2n) is 6.18. The monoisotopic (exact) mass is 295 g/mol. The first-order chi connectivity index (χ1) is 9.90. The van der Waals surface area contributed by atoms with Gasteiger partial charge in [-0.2, -0.15) is 0 Å². The molecule has 0 saturated carbocycles. The van der Waals surface area contributed by atoms with Gasteiger partial charge < -0.3 is 19.5 Å². The molecule has 1 atom stereocenters. The second-order valence-corrected chi connectivity index (χ2v) is 6.18. The van der Waals surface area contributed by atoms with Gasteiger partial charge in [-0.05, 0) is 30.5 Å². The Morgan fingerprint density at radius 3 is 2.05 bits per heavy atom. The van der Waals surface area contributed by atoms with Crippen LogP contribution in [0.1, 0.15) is 45.7 Å². The van der Waals surface area contributed by atoms with E-state index < -0.39 is 0 Å². The summed E-state index contributed by atoms with van der Waals surface area (Å²) in [6.07, 6.45) is 1.09. The van der Waals surface area contributed by atoms with Crippen LogP contribution in [0, 0.1) is 5.41 Å². The summed E-state index contributed by atoms with van der Waals surface area (Å²) in [4.78, 5) is 0. The smallest absolute Gasteiger partial charge is 0.203 e. The molecule has 0 fully saturated rings. The number of methoxy groups -OCH3 is 3. The Labute approximate surface area is 128 Å². The van der Waals surface area contributed by atoms with Gasteiger partial charge in [-0.25, -0.2) is 0 Å². The van der Waals surface area contributed by atoms with Crippen molar-refractivity contribution in [3.05, 3.63) is 17.7 Å². The van der Waals surface area contributed by atoms with Gasteiger partial charge in [0.1, 0.15) is 0 Å². The van der Waals surface area contributed by atoms with Gasteiger partial charge >= 0.3 is 0 Å². The summed E-state index contributed by atoms with van der Waals surface area (Å²) in [5.74, 6) is 2.06. The molecule has 4 nitrogen and oxygen atoms in total. The van der Waals surface area contributed by atoms with Crippen LogP contribution in [0.15, 0.2) is 12.1 Å². The highest BCUT2D eigenvalue weighted by molar-refractivity contribution is 5.57. The highest BCUT2D eigenvalue weighted by Gasteiger charge is 2.30. The largest absolute Gasteiger partial charge is 0.493 e. The van der Waals surface area contributed by atoms with Crippen molar-refractivity contribution in [3.63, 3.8) is 0 Å². The zero-order valence-corrected chi connectivity index (χ0v) is 14.4. The molecule has 0 aromatic heterocycles. The van der Waals surface area contributed by atoms with Gasteiger partial charge in [0.2, 0.25) is 5.75 Å². The van der Waals surface area contributed by atoms with Crippen molar-refractivity contribution in [2.24, 2.45) is 5.41 Å². The molecular weight excluding hydrogens is 266 g/mol. The van der Waals surface area contributed by atoms with Gasteiger partial charge in [0.05, 0.1) is 21.3 Å². The lowest BCUT2D eigenvalue weighted by Crippen LogP contribution is -2.33. The number of hydrogen-bond donors (Lipinski definition) is 1. The maximum atomic E-state index is 5.62. The topological polar surface area (TPSA) is 39.7 Å². The third-order valence-electron chi connectivity index (χ3n) is 3.51. The van der Waals surface area contributed by atoms with Crippen LogP contribution in [0.5, 0.6) is 17.2 Å². The van der Waals surface area contributed by atoms with Crippen molar-refractivity contribution in [2.45, 2.75) is 40.2 Å². The van der Waals surface area contributed by atoms with E-state index in [1.54, 1.807) is 21.3 Å². The number of hydrogen-bond acceptors (Lipinski definition) is 4. The number of nitrogens with one attached hydrogen (secondary N) is 1. The van der Waals surface area contributed by atoms with E-state index in [0.717, 1.165) is 24.3 Å². The van der Waals surface area contributed by atoms with E-state index in [2.05, 4.69) is 39.1 Å². The Kier molecular flexibility index (Phi) is 6.34. The third-order valence-corrected chi connectivity index (χ3v) is 3.51. The minimum atomic E-state index is 0.0576. The summed E-state index contributed by atoms with van der Waals surface area (Å²) >= 11 is 0. The minimum Gasteiger partial charge on any atom is -0.493 e. The first-order valence-corrected chi connectivity index (χ1v) is 7.42. The van der Waals surface area contributed by atoms with E-state index in [1.807, 2.05) is 6.07 Å². The van der Waals surface area contributed by atoms with Crippen LogP contribution >= 0.6 is 0 Å². The van der Waals surface area contributed by atoms with Crippen molar-refractivity contribution in [3.8, 4) is 17.2 Å². The van der Waals surface area contributed by atoms with E-state index in [0.29, 0.717) is 11.5 Å². The van der Waals surface area contributed by atoms with Crippen LogP contribution in [-0.2, 0) is 0 Å². The fourth-order valence-electron chi connectivity index (χ4n) is 2.52. The molecule has 0 aliphatic carbocycles. The summed E-state index contributed by atoms with van der Waals surface area (Å²) in [5.41, 5.74) is 1.15. The number of ether oxygens (including phenoxy) is 3. The minimum absolute atomic E-state index is 0.0576. The van der Waals surface area contributed by atoms with E-state index >= 15 is 0 Å². The van der Waals surface area contributed by atoms with Crippen LogP contribution in [0.4, 0.5) is 0 Å². The first kappa shape index (κ1) is 17.6. The van der Waals surface area contributed by atoms with E-state index in [1.165, 1.54) is 0 Å². The van der Waals surface area contributed by atoms with Crippen LogP contribution in [0.2, 0.25) is 0 Å². The highest BCUT2D eigenvalue weighted by atomic mass is 16.5. The maximum Gasteiger partial charge on any atom is 0.203 e. The average molecular weight is 295 g/mol. The Bertz CT molecular complexity index is 452. The highest BCUT2D eigenvalue weighted by Crippen LogP contribution is 2.45. The van der Waals surface area contributed by atoms with Crippen molar-refractivity contribution >= 4 is 0 Å². The lowest BCUT2D eigenvalue weighted by Gasteiger charge is -2.33. The summed E-state index contributed by atoms with van der Waals surface area (Å²) in [5, 5.41) is 3.61. The molecule has 1 aromatic rings. The molecule has 120 valence electrons. The molecule has 0 heterocycles. The zero-order valence-electron chi connectivity index (χ0n) is 14.4.